The lowest BCUT2D eigenvalue weighted by Gasteiger charge is -2.33. The first-order valence-corrected chi connectivity index (χ1v) is 11.5. The van der Waals surface area contributed by atoms with Crippen LogP contribution in [0.5, 0.6) is 0 Å². The van der Waals surface area contributed by atoms with Gasteiger partial charge >= 0.3 is 5.97 Å². The molecule has 0 bridgehead atoms. The van der Waals surface area contributed by atoms with Crippen LogP contribution in [0.3, 0.4) is 0 Å². The number of benzene rings is 1. The van der Waals surface area contributed by atoms with E-state index in [4.69, 9.17) is 4.74 Å². The summed E-state index contributed by atoms with van der Waals surface area (Å²) in [6.07, 6.45) is 2.52. The van der Waals surface area contributed by atoms with Crippen LogP contribution < -0.4 is 0 Å². The Balaban J connectivity index is 1.44. The standard InChI is InChI=1S/C20H25N3O5S/c1-14(19(24)22-10-4-5-11-22)28-20(25)15-7-6-12-23(13-15)18-16-8-2-3-9-17(16)29(26,27)21-18/h2-3,8-9,14-15H,4-7,10-13H2,1H3/t14-,15-/m0/s1. The van der Waals surface area contributed by atoms with Crippen LogP contribution in [-0.2, 0) is 24.3 Å². The van der Waals surface area contributed by atoms with Crippen molar-refractivity contribution in [1.82, 2.24) is 9.80 Å². The second-order valence-electron chi connectivity index (χ2n) is 7.78. The van der Waals surface area contributed by atoms with Gasteiger partial charge in [-0.25, -0.2) is 0 Å². The van der Waals surface area contributed by atoms with Crippen molar-refractivity contribution in [2.45, 2.75) is 43.6 Å². The van der Waals surface area contributed by atoms with Gasteiger partial charge in [0, 0.05) is 31.7 Å². The lowest BCUT2D eigenvalue weighted by atomic mass is 9.97. The van der Waals surface area contributed by atoms with Crippen LogP contribution in [0.15, 0.2) is 33.6 Å². The predicted molar refractivity (Wildman–Crippen MR) is 106 cm³/mol. The number of piperidine rings is 1. The summed E-state index contributed by atoms with van der Waals surface area (Å²) < 4.78 is 34.1. The molecule has 29 heavy (non-hydrogen) atoms. The van der Waals surface area contributed by atoms with Gasteiger partial charge in [-0.1, -0.05) is 12.1 Å². The molecule has 9 heteroatoms. The van der Waals surface area contributed by atoms with Gasteiger partial charge in [0.2, 0.25) is 0 Å². The average Bonchev–Trinajstić information content (AvgIpc) is 3.34. The predicted octanol–water partition coefficient (Wildman–Crippen LogP) is 1.40. The monoisotopic (exact) mass is 419 g/mol. The van der Waals surface area contributed by atoms with Crippen molar-refractivity contribution in [2.75, 3.05) is 26.2 Å². The maximum atomic E-state index is 12.7. The van der Waals surface area contributed by atoms with E-state index in [0.29, 0.717) is 44.0 Å². The SMILES string of the molecule is C[C@H](OC(=O)[C@H]1CCCN(C2=NS(=O)(=O)c3ccccc32)C1)C(=O)N1CCCC1. The smallest absolute Gasteiger partial charge is 0.311 e. The van der Waals surface area contributed by atoms with Crippen molar-refractivity contribution in [3.8, 4) is 0 Å². The minimum Gasteiger partial charge on any atom is -0.452 e. The number of likely N-dealkylation sites (tertiary alicyclic amines) is 2. The van der Waals surface area contributed by atoms with Gasteiger partial charge in [0.15, 0.2) is 11.9 Å². The number of esters is 1. The zero-order valence-electron chi connectivity index (χ0n) is 16.4. The Labute approximate surface area is 170 Å². The molecule has 2 atom stereocenters. The van der Waals surface area contributed by atoms with Crippen molar-refractivity contribution >= 4 is 27.7 Å². The van der Waals surface area contributed by atoms with Crippen LogP contribution >= 0.6 is 0 Å². The van der Waals surface area contributed by atoms with Crippen molar-refractivity contribution in [1.29, 1.82) is 0 Å². The first-order valence-electron chi connectivity index (χ1n) is 10.1. The lowest BCUT2D eigenvalue weighted by Crippen LogP contribution is -2.44. The molecular weight excluding hydrogens is 394 g/mol. The van der Waals surface area contributed by atoms with Gasteiger partial charge in [-0.2, -0.15) is 8.42 Å². The van der Waals surface area contributed by atoms with E-state index in [1.54, 1.807) is 36.1 Å². The first kappa shape index (κ1) is 19.9. The number of fused-ring (bicyclic) bond motifs is 1. The number of carbonyl (C=O) groups excluding carboxylic acids is 2. The Morgan fingerprint density at radius 3 is 2.62 bits per heavy atom. The number of nitrogens with zero attached hydrogens (tertiary/aromatic N) is 3. The molecule has 1 aromatic carbocycles. The number of sulfonamides is 1. The van der Waals surface area contributed by atoms with Gasteiger partial charge in [-0.05, 0) is 44.7 Å². The van der Waals surface area contributed by atoms with Crippen LogP contribution in [0.25, 0.3) is 0 Å². The summed E-state index contributed by atoms with van der Waals surface area (Å²) >= 11 is 0. The molecule has 0 unspecified atom stereocenters. The molecule has 1 aromatic rings. The fraction of sp³-hybridized carbons (Fsp3) is 0.550. The van der Waals surface area contributed by atoms with Gasteiger partial charge in [-0.15, -0.1) is 4.40 Å². The third-order valence-electron chi connectivity index (χ3n) is 5.73. The van der Waals surface area contributed by atoms with E-state index in [2.05, 4.69) is 4.40 Å². The van der Waals surface area contributed by atoms with Crippen molar-refractivity contribution in [3.05, 3.63) is 29.8 Å². The highest BCUT2D eigenvalue weighted by Gasteiger charge is 2.36. The number of ether oxygens (including phenoxy) is 1. The minimum atomic E-state index is -3.70. The third kappa shape index (κ3) is 3.88. The number of amidine groups is 1. The zero-order chi connectivity index (χ0) is 20.6. The Kier molecular flexibility index (Phi) is 5.33. The molecule has 0 spiro atoms. The number of carbonyl (C=O) groups is 2. The third-order valence-corrected chi connectivity index (χ3v) is 7.05. The van der Waals surface area contributed by atoms with Crippen LogP contribution in [0.1, 0.15) is 38.2 Å². The summed E-state index contributed by atoms with van der Waals surface area (Å²) in [5, 5.41) is 0. The maximum absolute atomic E-state index is 12.7. The van der Waals surface area contributed by atoms with Gasteiger partial charge in [0.05, 0.1) is 5.92 Å². The van der Waals surface area contributed by atoms with E-state index < -0.39 is 28.0 Å². The molecule has 8 nitrogen and oxygen atoms in total. The largest absolute Gasteiger partial charge is 0.452 e. The zero-order valence-corrected chi connectivity index (χ0v) is 17.2. The molecule has 0 radical (unpaired) electrons. The topological polar surface area (TPSA) is 96.3 Å². The quantitative estimate of drug-likeness (QED) is 0.687. The van der Waals surface area contributed by atoms with E-state index >= 15 is 0 Å². The summed E-state index contributed by atoms with van der Waals surface area (Å²) in [5.41, 5.74) is 0.569. The molecule has 0 aliphatic carbocycles. The van der Waals surface area contributed by atoms with Gasteiger partial charge in [0.1, 0.15) is 4.90 Å². The summed E-state index contributed by atoms with van der Waals surface area (Å²) in [5.74, 6) is -0.594. The lowest BCUT2D eigenvalue weighted by molar-refractivity contribution is -0.163. The highest BCUT2D eigenvalue weighted by Crippen LogP contribution is 2.30. The second kappa shape index (κ2) is 7.78. The highest BCUT2D eigenvalue weighted by atomic mass is 32.2. The molecular formula is C20H25N3O5S. The van der Waals surface area contributed by atoms with E-state index in [9.17, 15) is 18.0 Å². The summed E-state index contributed by atoms with van der Waals surface area (Å²) in [6.45, 7) is 3.99. The number of hydrogen-bond acceptors (Lipinski definition) is 6. The van der Waals surface area contributed by atoms with Crippen molar-refractivity contribution in [3.63, 3.8) is 0 Å². The summed E-state index contributed by atoms with van der Waals surface area (Å²) in [7, 11) is -3.70. The fourth-order valence-electron chi connectivity index (χ4n) is 4.19. The molecule has 1 amide bonds. The van der Waals surface area contributed by atoms with Crippen LogP contribution in [0.2, 0.25) is 0 Å². The first-order chi connectivity index (χ1) is 13.9. The van der Waals surface area contributed by atoms with Crippen LogP contribution in [0, 0.1) is 5.92 Å². The molecule has 156 valence electrons. The maximum Gasteiger partial charge on any atom is 0.311 e. The van der Waals surface area contributed by atoms with E-state index in [1.165, 1.54) is 0 Å². The second-order valence-corrected chi connectivity index (χ2v) is 9.36. The number of hydrogen-bond donors (Lipinski definition) is 0. The molecule has 4 rings (SSSR count). The van der Waals surface area contributed by atoms with Crippen molar-refractivity contribution < 1.29 is 22.7 Å². The molecule has 0 N–H and O–H groups in total. The van der Waals surface area contributed by atoms with Gasteiger partial charge in [0.25, 0.3) is 15.9 Å². The molecule has 3 aliphatic rings. The fourth-order valence-corrected chi connectivity index (χ4v) is 5.42. The van der Waals surface area contributed by atoms with E-state index in [0.717, 1.165) is 19.3 Å². The molecule has 3 heterocycles. The number of amides is 1. The van der Waals surface area contributed by atoms with Crippen LogP contribution in [0.4, 0.5) is 0 Å². The molecule has 2 fully saturated rings. The van der Waals surface area contributed by atoms with Crippen molar-refractivity contribution in [2.24, 2.45) is 10.3 Å². The van der Waals surface area contributed by atoms with Crippen LogP contribution in [-0.4, -0.2) is 68.2 Å². The molecule has 0 aromatic heterocycles. The molecule has 3 aliphatic heterocycles. The highest BCUT2D eigenvalue weighted by molar-refractivity contribution is 7.90. The molecule has 0 saturated carbocycles. The van der Waals surface area contributed by atoms with Gasteiger partial charge in [-0.3, -0.25) is 9.59 Å². The Morgan fingerprint density at radius 2 is 1.86 bits per heavy atom. The van der Waals surface area contributed by atoms with E-state index in [-0.39, 0.29) is 10.8 Å². The summed E-state index contributed by atoms with van der Waals surface area (Å²) in [6, 6.07) is 6.72. The molecule has 2 saturated heterocycles. The minimum absolute atomic E-state index is 0.149. The van der Waals surface area contributed by atoms with E-state index in [1.807, 2.05) is 4.90 Å². The Bertz CT molecular complexity index is 953. The Hall–Kier alpha value is -2.42. The number of rotatable bonds is 3. The van der Waals surface area contributed by atoms with Gasteiger partial charge < -0.3 is 14.5 Å². The average molecular weight is 420 g/mol. The summed E-state index contributed by atoms with van der Waals surface area (Å²) in [4.78, 5) is 28.9. The normalized spacial score (nSPS) is 24.0. The Morgan fingerprint density at radius 1 is 1.14 bits per heavy atom.